The summed E-state index contributed by atoms with van der Waals surface area (Å²) in [4.78, 5) is 0. The van der Waals surface area contributed by atoms with Crippen molar-refractivity contribution in [2.24, 2.45) is 0 Å². The maximum absolute atomic E-state index is 13.9. The number of aryl methyl sites for hydroxylation is 1. The molecule has 0 aliphatic heterocycles. The number of hydrogen-bond donors (Lipinski definition) is 1. The Kier molecular flexibility index (Phi) is 4.69. The van der Waals surface area contributed by atoms with Gasteiger partial charge in [0.2, 0.25) is 0 Å². The molecule has 20 heavy (non-hydrogen) atoms. The quantitative estimate of drug-likeness (QED) is 0.890. The topological polar surface area (TPSA) is 21.3 Å². The minimum Gasteiger partial charge on any atom is -0.451 e. The lowest BCUT2D eigenvalue weighted by Crippen LogP contribution is -2.06. The van der Waals surface area contributed by atoms with Gasteiger partial charge >= 0.3 is 0 Å². The Bertz CT molecular complexity index is 576. The maximum Gasteiger partial charge on any atom is 0.198 e. The van der Waals surface area contributed by atoms with Crippen molar-refractivity contribution in [1.82, 2.24) is 5.32 Å². The highest BCUT2D eigenvalue weighted by atomic mass is 19.1. The zero-order valence-electron chi connectivity index (χ0n) is 11.5. The Morgan fingerprint density at radius 3 is 2.35 bits per heavy atom. The van der Waals surface area contributed by atoms with Crippen LogP contribution >= 0.6 is 0 Å². The van der Waals surface area contributed by atoms with E-state index in [2.05, 4.69) is 5.32 Å². The molecule has 4 heteroatoms. The minimum atomic E-state index is -0.697. The maximum atomic E-state index is 13.9. The summed E-state index contributed by atoms with van der Waals surface area (Å²) in [5, 5.41) is 2.85. The summed E-state index contributed by atoms with van der Waals surface area (Å²) in [5.74, 6) is -1.32. The summed E-state index contributed by atoms with van der Waals surface area (Å²) in [6, 6.07) is 9.76. The fraction of sp³-hybridized carbons (Fsp3) is 0.250. The van der Waals surface area contributed by atoms with Crippen LogP contribution in [0, 0.1) is 11.6 Å². The zero-order valence-corrected chi connectivity index (χ0v) is 11.5. The molecule has 0 bridgehead atoms. The van der Waals surface area contributed by atoms with Crippen LogP contribution in [0.3, 0.4) is 0 Å². The fourth-order valence-electron chi connectivity index (χ4n) is 1.96. The van der Waals surface area contributed by atoms with Crippen LogP contribution in [0.15, 0.2) is 36.4 Å². The molecule has 0 saturated heterocycles. The molecule has 0 saturated carbocycles. The van der Waals surface area contributed by atoms with Crippen molar-refractivity contribution >= 4 is 0 Å². The van der Waals surface area contributed by atoms with Gasteiger partial charge in [-0.3, -0.25) is 0 Å². The third-order valence-electron chi connectivity index (χ3n) is 2.97. The number of rotatable bonds is 5. The molecule has 0 atom stereocenters. The first-order valence-corrected chi connectivity index (χ1v) is 6.53. The van der Waals surface area contributed by atoms with E-state index in [0.717, 1.165) is 12.0 Å². The van der Waals surface area contributed by atoms with Crippen LogP contribution in [0.5, 0.6) is 11.5 Å². The van der Waals surface area contributed by atoms with E-state index in [9.17, 15) is 8.78 Å². The lowest BCUT2D eigenvalue weighted by Gasteiger charge is -2.10. The van der Waals surface area contributed by atoms with E-state index in [1.54, 1.807) is 25.2 Å². The smallest absolute Gasteiger partial charge is 0.198 e. The van der Waals surface area contributed by atoms with Gasteiger partial charge in [-0.05, 0) is 48.9 Å². The van der Waals surface area contributed by atoms with Crippen molar-refractivity contribution in [2.45, 2.75) is 19.9 Å². The van der Waals surface area contributed by atoms with Gasteiger partial charge in [-0.2, -0.15) is 0 Å². The second kappa shape index (κ2) is 6.48. The molecular formula is C16H17F2NO. The van der Waals surface area contributed by atoms with Crippen LogP contribution in [0.25, 0.3) is 0 Å². The van der Waals surface area contributed by atoms with E-state index in [0.29, 0.717) is 17.9 Å². The van der Waals surface area contributed by atoms with Crippen molar-refractivity contribution in [1.29, 1.82) is 0 Å². The summed E-state index contributed by atoms with van der Waals surface area (Å²) in [5.41, 5.74) is 1.59. The van der Waals surface area contributed by atoms with Gasteiger partial charge in [0, 0.05) is 6.54 Å². The van der Waals surface area contributed by atoms with Gasteiger partial charge in [-0.15, -0.1) is 0 Å². The number of nitrogens with one attached hydrogen (secondary N) is 1. The largest absolute Gasteiger partial charge is 0.451 e. The average Bonchev–Trinajstić information content (AvgIpc) is 2.43. The first-order valence-electron chi connectivity index (χ1n) is 6.53. The van der Waals surface area contributed by atoms with Gasteiger partial charge in [0.1, 0.15) is 5.75 Å². The van der Waals surface area contributed by atoms with Gasteiger partial charge in [-0.1, -0.05) is 19.1 Å². The van der Waals surface area contributed by atoms with E-state index in [4.69, 9.17) is 4.74 Å². The van der Waals surface area contributed by atoms with Crippen LogP contribution in [0.2, 0.25) is 0 Å². The summed E-state index contributed by atoms with van der Waals surface area (Å²) in [6.45, 7) is 2.41. The van der Waals surface area contributed by atoms with Crippen molar-refractivity contribution < 1.29 is 13.5 Å². The van der Waals surface area contributed by atoms with E-state index in [-0.39, 0.29) is 5.75 Å². The normalized spacial score (nSPS) is 10.6. The van der Waals surface area contributed by atoms with E-state index in [1.807, 2.05) is 13.0 Å². The highest BCUT2D eigenvalue weighted by Crippen LogP contribution is 2.29. The van der Waals surface area contributed by atoms with Crippen LogP contribution in [0.1, 0.15) is 18.1 Å². The molecule has 0 heterocycles. The van der Waals surface area contributed by atoms with Crippen molar-refractivity contribution in [3.8, 4) is 11.5 Å². The minimum absolute atomic E-state index is 0.363. The van der Waals surface area contributed by atoms with Crippen LogP contribution < -0.4 is 10.1 Å². The number of halogens is 2. The van der Waals surface area contributed by atoms with Gasteiger partial charge in [0.25, 0.3) is 0 Å². The predicted octanol–water partition coefficient (Wildman–Crippen LogP) is 4.04. The molecule has 2 nitrogen and oxygen atoms in total. The lowest BCUT2D eigenvalue weighted by atomic mass is 10.1. The molecule has 0 fully saturated rings. The van der Waals surface area contributed by atoms with Crippen molar-refractivity contribution in [3.05, 3.63) is 59.2 Å². The second-order valence-electron chi connectivity index (χ2n) is 4.52. The number of ether oxygens (including phenoxy) is 1. The molecule has 2 rings (SSSR count). The van der Waals surface area contributed by atoms with Crippen molar-refractivity contribution in [3.63, 3.8) is 0 Å². The number of benzene rings is 2. The van der Waals surface area contributed by atoms with Gasteiger partial charge in [0.15, 0.2) is 17.4 Å². The van der Waals surface area contributed by atoms with E-state index in [1.165, 1.54) is 12.1 Å². The first-order chi connectivity index (χ1) is 9.63. The Hall–Kier alpha value is -1.94. The molecule has 1 N–H and O–H groups in total. The highest BCUT2D eigenvalue weighted by Gasteiger charge is 2.13. The summed E-state index contributed by atoms with van der Waals surface area (Å²) in [7, 11) is 1.72. The van der Waals surface area contributed by atoms with Crippen LogP contribution in [-0.4, -0.2) is 7.05 Å². The van der Waals surface area contributed by atoms with Crippen molar-refractivity contribution in [2.75, 3.05) is 7.05 Å². The lowest BCUT2D eigenvalue weighted by molar-refractivity contribution is 0.406. The third-order valence-corrected chi connectivity index (χ3v) is 2.97. The predicted molar refractivity (Wildman–Crippen MR) is 75.0 cm³/mol. The summed E-state index contributed by atoms with van der Waals surface area (Å²) in [6.07, 6.45) is 0.837. The van der Waals surface area contributed by atoms with E-state index >= 15 is 0 Å². The average molecular weight is 277 g/mol. The molecule has 0 radical (unpaired) electrons. The van der Waals surface area contributed by atoms with Gasteiger partial charge < -0.3 is 10.1 Å². The standard InChI is InChI=1S/C16H17F2NO/c1-3-11-5-4-6-13(7-11)20-16-14(17)8-12(10-19-2)9-15(16)18/h4-9,19H,3,10H2,1-2H3. The molecule has 0 spiro atoms. The SMILES string of the molecule is CCc1cccc(Oc2c(F)cc(CNC)cc2F)c1. The molecule has 0 aliphatic rings. The molecule has 0 aromatic heterocycles. The Balaban J connectivity index is 2.28. The molecule has 2 aromatic rings. The molecule has 0 unspecified atom stereocenters. The zero-order chi connectivity index (χ0) is 14.5. The molecule has 2 aromatic carbocycles. The molecular weight excluding hydrogens is 260 g/mol. The Labute approximate surface area is 117 Å². The second-order valence-corrected chi connectivity index (χ2v) is 4.52. The monoisotopic (exact) mass is 277 g/mol. The molecule has 0 amide bonds. The highest BCUT2D eigenvalue weighted by molar-refractivity contribution is 5.37. The Morgan fingerprint density at radius 2 is 1.75 bits per heavy atom. The van der Waals surface area contributed by atoms with Gasteiger partial charge in [-0.25, -0.2) is 8.78 Å². The first kappa shape index (κ1) is 14.5. The molecule has 106 valence electrons. The van der Waals surface area contributed by atoms with E-state index < -0.39 is 11.6 Å². The Morgan fingerprint density at radius 1 is 1.05 bits per heavy atom. The summed E-state index contributed by atoms with van der Waals surface area (Å²) >= 11 is 0. The molecule has 0 aliphatic carbocycles. The third kappa shape index (κ3) is 3.33. The number of hydrogen-bond acceptors (Lipinski definition) is 2. The van der Waals surface area contributed by atoms with Gasteiger partial charge in [0.05, 0.1) is 0 Å². The van der Waals surface area contributed by atoms with Crippen LogP contribution in [0.4, 0.5) is 8.78 Å². The fourth-order valence-corrected chi connectivity index (χ4v) is 1.96. The summed E-state index contributed by atoms with van der Waals surface area (Å²) < 4.78 is 33.2. The van der Waals surface area contributed by atoms with Crippen LogP contribution in [-0.2, 0) is 13.0 Å².